The molecule has 0 aromatic heterocycles. The van der Waals surface area contributed by atoms with E-state index >= 15 is 0 Å². The van der Waals surface area contributed by atoms with Gasteiger partial charge in [-0.2, -0.15) is 0 Å². The van der Waals surface area contributed by atoms with Gasteiger partial charge in [-0.05, 0) is 56.5 Å². The first-order valence-electron chi connectivity index (χ1n) is 7.38. The Morgan fingerprint density at radius 3 is 3.00 bits per heavy atom. The van der Waals surface area contributed by atoms with E-state index in [1.165, 1.54) is 38.0 Å². The molecular weight excluding hydrogens is 236 g/mol. The second kappa shape index (κ2) is 5.51. The van der Waals surface area contributed by atoms with E-state index in [1.54, 1.807) is 7.11 Å². The summed E-state index contributed by atoms with van der Waals surface area (Å²) in [6.07, 6.45) is 2.65. The lowest BCUT2D eigenvalue weighted by molar-refractivity contribution is 0.212. The highest BCUT2D eigenvalue weighted by atomic mass is 16.5. The van der Waals surface area contributed by atoms with Crippen LogP contribution in [0.3, 0.4) is 0 Å². The molecule has 2 heterocycles. The summed E-state index contributed by atoms with van der Waals surface area (Å²) < 4.78 is 5.31. The fourth-order valence-electron chi connectivity index (χ4n) is 3.50. The first-order chi connectivity index (χ1) is 9.26. The Morgan fingerprint density at radius 2 is 2.16 bits per heavy atom. The standard InChI is InChI=1S/C16H24N2O/c1-12(13-4-3-5-15(10-13)19-2)17-16-7-9-18-8-6-14(16)11-18/h3-5,10,12,14,16-17H,6-9,11H2,1-2H3/t12-,14?,16?/m1/s1. The summed E-state index contributed by atoms with van der Waals surface area (Å²) in [6.45, 7) is 6.12. The minimum absolute atomic E-state index is 0.396. The number of nitrogens with zero attached hydrogens (tertiary/aromatic N) is 1. The van der Waals surface area contributed by atoms with Gasteiger partial charge in [0.2, 0.25) is 0 Å². The molecule has 2 fully saturated rings. The van der Waals surface area contributed by atoms with Crippen LogP contribution in [0, 0.1) is 5.92 Å². The van der Waals surface area contributed by atoms with Crippen LogP contribution in [-0.2, 0) is 0 Å². The van der Waals surface area contributed by atoms with Gasteiger partial charge in [0, 0.05) is 18.6 Å². The minimum atomic E-state index is 0.396. The fourth-order valence-corrected chi connectivity index (χ4v) is 3.50. The van der Waals surface area contributed by atoms with Crippen LogP contribution in [0.1, 0.15) is 31.4 Å². The maximum absolute atomic E-state index is 5.31. The summed E-state index contributed by atoms with van der Waals surface area (Å²) in [7, 11) is 1.73. The van der Waals surface area contributed by atoms with Crippen LogP contribution in [-0.4, -0.2) is 37.7 Å². The Bertz CT molecular complexity index is 435. The van der Waals surface area contributed by atoms with Gasteiger partial charge in [-0.1, -0.05) is 12.1 Å². The Morgan fingerprint density at radius 1 is 1.32 bits per heavy atom. The zero-order valence-electron chi connectivity index (χ0n) is 11.9. The second-order valence-corrected chi connectivity index (χ2v) is 5.91. The van der Waals surface area contributed by atoms with E-state index in [0.717, 1.165) is 11.7 Å². The lowest BCUT2D eigenvalue weighted by atomic mass is 9.93. The van der Waals surface area contributed by atoms with Crippen molar-refractivity contribution in [2.75, 3.05) is 26.7 Å². The van der Waals surface area contributed by atoms with Crippen molar-refractivity contribution in [2.45, 2.75) is 31.8 Å². The molecule has 1 N–H and O–H groups in total. The lowest BCUT2D eigenvalue weighted by Crippen LogP contribution is -2.44. The van der Waals surface area contributed by atoms with Crippen LogP contribution in [0.2, 0.25) is 0 Å². The van der Waals surface area contributed by atoms with Gasteiger partial charge in [0.05, 0.1) is 7.11 Å². The maximum Gasteiger partial charge on any atom is 0.119 e. The van der Waals surface area contributed by atoms with Crippen LogP contribution >= 0.6 is 0 Å². The van der Waals surface area contributed by atoms with E-state index in [0.29, 0.717) is 12.1 Å². The summed E-state index contributed by atoms with van der Waals surface area (Å²) in [4.78, 5) is 2.60. The highest BCUT2D eigenvalue weighted by Crippen LogP contribution is 2.29. The highest BCUT2D eigenvalue weighted by Gasteiger charge is 2.34. The summed E-state index contributed by atoms with van der Waals surface area (Å²) in [5, 5.41) is 3.83. The third-order valence-corrected chi connectivity index (χ3v) is 4.69. The SMILES string of the molecule is COc1cccc([C@@H](C)NC2CCN3CCC2C3)c1. The van der Waals surface area contributed by atoms with Gasteiger partial charge in [0.15, 0.2) is 0 Å². The molecule has 0 aliphatic carbocycles. The zero-order valence-corrected chi connectivity index (χ0v) is 11.9. The van der Waals surface area contributed by atoms with Gasteiger partial charge in [-0.15, -0.1) is 0 Å². The van der Waals surface area contributed by atoms with Crippen molar-refractivity contribution < 1.29 is 4.74 Å². The molecule has 3 unspecified atom stereocenters. The molecule has 2 aliphatic heterocycles. The number of benzene rings is 1. The molecule has 3 heteroatoms. The van der Waals surface area contributed by atoms with Crippen molar-refractivity contribution in [3.63, 3.8) is 0 Å². The Kier molecular flexibility index (Phi) is 3.76. The average Bonchev–Trinajstić information content (AvgIpc) is 2.85. The molecule has 3 rings (SSSR count). The molecule has 19 heavy (non-hydrogen) atoms. The number of rotatable bonds is 4. The molecule has 0 saturated carbocycles. The van der Waals surface area contributed by atoms with Crippen LogP contribution in [0.5, 0.6) is 5.75 Å². The molecule has 0 spiro atoms. The summed E-state index contributed by atoms with van der Waals surface area (Å²) >= 11 is 0. The van der Waals surface area contributed by atoms with Crippen LogP contribution < -0.4 is 10.1 Å². The fraction of sp³-hybridized carbons (Fsp3) is 0.625. The van der Waals surface area contributed by atoms with Crippen molar-refractivity contribution >= 4 is 0 Å². The minimum Gasteiger partial charge on any atom is -0.497 e. The Hall–Kier alpha value is -1.06. The number of fused-ring (bicyclic) bond motifs is 2. The average molecular weight is 260 g/mol. The lowest BCUT2D eigenvalue weighted by Gasteiger charge is -2.33. The van der Waals surface area contributed by atoms with Gasteiger partial charge in [-0.3, -0.25) is 0 Å². The number of piperidine rings is 1. The molecule has 104 valence electrons. The summed E-state index contributed by atoms with van der Waals surface area (Å²) in [5.74, 6) is 1.80. The van der Waals surface area contributed by atoms with Crippen LogP contribution in [0.25, 0.3) is 0 Å². The molecule has 1 aromatic rings. The van der Waals surface area contributed by atoms with Crippen molar-refractivity contribution in [1.29, 1.82) is 0 Å². The zero-order chi connectivity index (χ0) is 13.2. The molecule has 0 radical (unpaired) electrons. The second-order valence-electron chi connectivity index (χ2n) is 5.91. The van der Waals surface area contributed by atoms with E-state index in [9.17, 15) is 0 Å². The Balaban J connectivity index is 1.65. The molecule has 2 aliphatic rings. The number of hydrogen-bond acceptors (Lipinski definition) is 3. The van der Waals surface area contributed by atoms with E-state index in [1.807, 2.05) is 6.07 Å². The third kappa shape index (κ3) is 2.77. The van der Waals surface area contributed by atoms with Crippen LogP contribution in [0.4, 0.5) is 0 Å². The molecule has 2 saturated heterocycles. The smallest absolute Gasteiger partial charge is 0.119 e. The van der Waals surface area contributed by atoms with Gasteiger partial charge < -0.3 is 15.0 Å². The first kappa shape index (κ1) is 12.9. The largest absolute Gasteiger partial charge is 0.497 e. The van der Waals surface area contributed by atoms with Crippen molar-refractivity contribution in [3.8, 4) is 5.75 Å². The molecule has 3 nitrogen and oxygen atoms in total. The summed E-state index contributed by atoms with van der Waals surface area (Å²) in [5.41, 5.74) is 1.32. The van der Waals surface area contributed by atoms with Crippen molar-refractivity contribution in [2.24, 2.45) is 5.92 Å². The summed E-state index contributed by atoms with van der Waals surface area (Å²) in [6, 6.07) is 9.48. The first-order valence-corrected chi connectivity index (χ1v) is 7.38. The molecule has 4 atom stereocenters. The van der Waals surface area contributed by atoms with Gasteiger partial charge >= 0.3 is 0 Å². The monoisotopic (exact) mass is 260 g/mol. The van der Waals surface area contributed by atoms with Crippen molar-refractivity contribution in [1.82, 2.24) is 10.2 Å². The Labute approximate surface area is 115 Å². The topological polar surface area (TPSA) is 24.5 Å². The maximum atomic E-state index is 5.31. The van der Waals surface area contributed by atoms with E-state index in [2.05, 4.69) is 35.3 Å². The van der Waals surface area contributed by atoms with Crippen LogP contribution in [0.15, 0.2) is 24.3 Å². The number of hydrogen-bond donors (Lipinski definition) is 1. The van der Waals surface area contributed by atoms with E-state index < -0.39 is 0 Å². The third-order valence-electron chi connectivity index (χ3n) is 4.69. The van der Waals surface area contributed by atoms with Gasteiger partial charge in [0.25, 0.3) is 0 Å². The van der Waals surface area contributed by atoms with E-state index in [4.69, 9.17) is 4.74 Å². The molecule has 1 aromatic carbocycles. The predicted octanol–water partition coefficient (Wildman–Crippen LogP) is 2.44. The number of ether oxygens (including phenoxy) is 1. The number of methoxy groups -OCH3 is 1. The predicted molar refractivity (Wildman–Crippen MR) is 77.5 cm³/mol. The van der Waals surface area contributed by atoms with Gasteiger partial charge in [-0.25, -0.2) is 0 Å². The normalized spacial score (nSPS) is 31.2. The van der Waals surface area contributed by atoms with Gasteiger partial charge in [0.1, 0.15) is 5.75 Å². The van der Waals surface area contributed by atoms with Crippen molar-refractivity contribution in [3.05, 3.63) is 29.8 Å². The molecular formula is C16H24N2O. The molecule has 2 bridgehead atoms. The molecule has 0 amide bonds. The van der Waals surface area contributed by atoms with E-state index in [-0.39, 0.29) is 0 Å². The highest BCUT2D eigenvalue weighted by molar-refractivity contribution is 5.30. The quantitative estimate of drug-likeness (QED) is 0.900. The number of nitrogens with one attached hydrogen (secondary N) is 1.